The van der Waals surface area contributed by atoms with E-state index in [1.807, 2.05) is 0 Å². The average Bonchev–Trinajstić information content (AvgIpc) is 3.28. The van der Waals surface area contributed by atoms with Crippen LogP contribution in [0, 0.1) is 23.6 Å². The highest BCUT2D eigenvalue weighted by Crippen LogP contribution is 2.34. The van der Waals surface area contributed by atoms with Gasteiger partial charge in [-0.1, -0.05) is 31.6 Å². The van der Waals surface area contributed by atoms with Crippen molar-refractivity contribution in [2.24, 2.45) is 11.7 Å². The summed E-state index contributed by atoms with van der Waals surface area (Å²) >= 11 is 0. The van der Waals surface area contributed by atoms with Crippen molar-refractivity contribution in [3.63, 3.8) is 0 Å². The molecular formula is C17H21FN2O. The molecule has 112 valence electrons. The maximum absolute atomic E-state index is 13.3. The van der Waals surface area contributed by atoms with E-state index in [1.54, 1.807) is 0 Å². The number of nitrogens with two attached hydrogens (primary N) is 1. The molecule has 2 rings (SSSR count). The van der Waals surface area contributed by atoms with Crippen molar-refractivity contribution in [2.75, 3.05) is 6.54 Å². The monoisotopic (exact) mass is 288 g/mol. The van der Waals surface area contributed by atoms with Gasteiger partial charge in [0, 0.05) is 11.6 Å². The highest BCUT2D eigenvalue weighted by molar-refractivity contribution is 5.96. The number of carbonyl (C=O) groups is 1. The Balaban J connectivity index is 2.13. The minimum atomic E-state index is -0.405. The SMILES string of the molecule is CCC(CC1CC1)NC(=O)c1ccc(F)cc1C#CCN. The molecule has 3 N–H and O–H groups in total. The van der Waals surface area contributed by atoms with Crippen molar-refractivity contribution in [1.82, 2.24) is 5.32 Å². The third-order valence-corrected chi connectivity index (χ3v) is 3.69. The zero-order chi connectivity index (χ0) is 15.2. The first kappa shape index (κ1) is 15.5. The van der Waals surface area contributed by atoms with Crippen LogP contribution in [-0.4, -0.2) is 18.5 Å². The van der Waals surface area contributed by atoms with Crippen LogP contribution in [0.4, 0.5) is 4.39 Å². The van der Waals surface area contributed by atoms with Gasteiger partial charge in [-0.2, -0.15) is 0 Å². The third-order valence-electron chi connectivity index (χ3n) is 3.69. The Kier molecular flexibility index (Phi) is 5.35. The van der Waals surface area contributed by atoms with Crippen LogP contribution in [0.2, 0.25) is 0 Å². The fourth-order valence-corrected chi connectivity index (χ4v) is 2.31. The van der Waals surface area contributed by atoms with Gasteiger partial charge < -0.3 is 11.1 Å². The van der Waals surface area contributed by atoms with Gasteiger partial charge in [-0.15, -0.1) is 0 Å². The van der Waals surface area contributed by atoms with E-state index >= 15 is 0 Å². The molecule has 1 aliphatic carbocycles. The van der Waals surface area contributed by atoms with Crippen LogP contribution in [0.25, 0.3) is 0 Å². The number of halogens is 1. The van der Waals surface area contributed by atoms with Crippen molar-refractivity contribution in [2.45, 2.75) is 38.6 Å². The van der Waals surface area contributed by atoms with Crippen LogP contribution in [-0.2, 0) is 0 Å². The second-order valence-electron chi connectivity index (χ2n) is 5.45. The molecule has 0 spiro atoms. The topological polar surface area (TPSA) is 55.1 Å². The van der Waals surface area contributed by atoms with Gasteiger partial charge in [0.1, 0.15) is 5.82 Å². The van der Waals surface area contributed by atoms with Gasteiger partial charge in [0.15, 0.2) is 0 Å². The number of nitrogens with one attached hydrogen (secondary N) is 1. The molecule has 1 aromatic rings. The predicted molar refractivity (Wildman–Crippen MR) is 81.2 cm³/mol. The summed E-state index contributed by atoms with van der Waals surface area (Å²) in [5.41, 5.74) is 6.13. The van der Waals surface area contributed by atoms with Crippen molar-refractivity contribution in [1.29, 1.82) is 0 Å². The van der Waals surface area contributed by atoms with Crippen molar-refractivity contribution in [3.05, 3.63) is 35.1 Å². The number of rotatable bonds is 5. The molecule has 0 aromatic heterocycles. The molecule has 0 heterocycles. The summed E-state index contributed by atoms with van der Waals surface area (Å²) in [5, 5.41) is 3.03. The minimum absolute atomic E-state index is 0.172. The van der Waals surface area contributed by atoms with E-state index < -0.39 is 5.82 Å². The summed E-state index contributed by atoms with van der Waals surface area (Å²) in [6.07, 6.45) is 4.44. The van der Waals surface area contributed by atoms with E-state index in [0.29, 0.717) is 11.1 Å². The summed E-state index contributed by atoms with van der Waals surface area (Å²) in [5.74, 6) is 5.59. The normalized spacial score (nSPS) is 15.0. The van der Waals surface area contributed by atoms with E-state index in [9.17, 15) is 9.18 Å². The largest absolute Gasteiger partial charge is 0.349 e. The van der Waals surface area contributed by atoms with Crippen molar-refractivity contribution in [3.8, 4) is 11.8 Å². The first-order valence-corrected chi connectivity index (χ1v) is 7.43. The lowest BCUT2D eigenvalue weighted by Crippen LogP contribution is -2.35. The molecule has 0 radical (unpaired) electrons. The standard InChI is InChI=1S/C17H21FN2O/c1-2-15(10-12-5-6-12)20-17(21)16-8-7-14(18)11-13(16)4-3-9-19/h7-8,11-12,15H,2,5-6,9-10,19H2,1H3,(H,20,21). The molecule has 1 aromatic carbocycles. The van der Waals surface area contributed by atoms with E-state index in [-0.39, 0.29) is 18.5 Å². The van der Waals surface area contributed by atoms with Gasteiger partial charge in [0.25, 0.3) is 5.91 Å². The zero-order valence-electron chi connectivity index (χ0n) is 12.3. The molecule has 0 saturated heterocycles. The van der Waals surface area contributed by atoms with Crippen molar-refractivity contribution < 1.29 is 9.18 Å². The fraction of sp³-hybridized carbons (Fsp3) is 0.471. The first-order valence-electron chi connectivity index (χ1n) is 7.43. The lowest BCUT2D eigenvalue weighted by Gasteiger charge is -2.17. The van der Waals surface area contributed by atoms with Gasteiger partial charge in [0.05, 0.1) is 12.1 Å². The highest BCUT2D eigenvalue weighted by atomic mass is 19.1. The predicted octanol–water partition coefficient (Wildman–Crippen LogP) is 2.44. The first-order chi connectivity index (χ1) is 10.1. The molecule has 3 nitrogen and oxygen atoms in total. The molecule has 1 amide bonds. The smallest absolute Gasteiger partial charge is 0.252 e. The molecule has 1 aliphatic rings. The van der Waals surface area contributed by atoms with Crippen LogP contribution in [0.3, 0.4) is 0 Å². The number of benzene rings is 1. The van der Waals surface area contributed by atoms with Crippen LogP contribution in [0.1, 0.15) is 48.5 Å². The molecular weight excluding hydrogens is 267 g/mol. The quantitative estimate of drug-likeness (QED) is 0.818. The minimum Gasteiger partial charge on any atom is -0.349 e. The maximum Gasteiger partial charge on any atom is 0.252 e. The Bertz CT molecular complexity index is 570. The van der Waals surface area contributed by atoms with Gasteiger partial charge >= 0.3 is 0 Å². The van der Waals surface area contributed by atoms with Gasteiger partial charge in [0.2, 0.25) is 0 Å². The fourth-order valence-electron chi connectivity index (χ4n) is 2.31. The lowest BCUT2D eigenvalue weighted by atomic mass is 10.0. The second kappa shape index (κ2) is 7.24. The average molecular weight is 288 g/mol. The molecule has 1 unspecified atom stereocenters. The number of amides is 1. The lowest BCUT2D eigenvalue weighted by molar-refractivity contribution is 0.0932. The van der Waals surface area contributed by atoms with Crippen LogP contribution < -0.4 is 11.1 Å². The summed E-state index contributed by atoms with van der Waals surface area (Å²) < 4.78 is 13.3. The van der Waals surface area contributed by atoms with Crippen LogP contribution in [0.5, 0.6) is 0 Å². The summed E-state index contributed by atoms with van der Waals surface area (Å²) in [6.45, 7) is 2.24. The molecule has 21 heavy (non-hydrogen) atoms. The Morgan fingerprint density at radius 3 is 2.90 bits per heavy atom. The summed E-state index contributed by atoms with van der Waals surface area (Å²) in [7, 11) is 0. The van der Waals surface area contributed by atoms with E-state index in [0.717, 1.165) is 18.8 Å². The van der Waals surface area contributed by atoms with Gasteiger partial charge in [-0.25, -0.2) is 4.39 Å². The van der Waals surface area contributed by atoms with E-state index in [4.69, 9.17) is 5.73 Å². The number of carbonyl (C=O) groups excluding carboxylic acids is 1. The van der Waals surface area contributed by atoms with Crippen molar-refractivity contribution >= 4 is 5.91 Å². The molecule has 1 atom stereocenters. The molecule has 0 aliphatic heterocycles. The van der Waals surface area contributed by atoms with Gasteiger partial charge in [-0.05, 0) is 37.0 Å². The van der Waals surface area contributed by atoms with Gasteiger partial charge in [-0.3, -0.25) is 4.79 Å². The number of hydrogen-bond donors (Lipinski definition) is 2. The number of hydrogen-bond acceptors (Lipinski definition) is 2. The Morgan fingerprint density at radius 2 is 2.29 bits per heavy atom. The van der Waals surface area contributed by atoms with Crippen LogP contribution >= 0.6 is 0 Å². The zero-order valence-corrected chi connectivity index (χ0v) is 12.3. The Labute approximate surface area is 125 Å². The highest BCUT2D eigenvalue weighted by Gasteiger charge is 2.26. The maximum atomic E-state index is 13.3. The summed E-state index contributed by atoms with van der Waals surface area (Å²) in [6, 6.07) is 4.21. The molecule has 0 bridgehead atoms. The third kappa shape index (κ3) is 4.57. The Morgan fingerprint density at radius 1 is 1.52 bits per heavy atom. The molecule has 4 heteroatoms. The second-order valence-corrected chi connectivity index (χ2v) is 5.45. The Hall–Kier alpha value is -1.86. The molecule has 1 saturated carbocycles. The van der Waals surface area contributed by atoms with E-state index in [2.05, 4.69) is 24.1 Å². The molecule has 1 fully saturated rings. The summed E-state index contributed by atoms with van der Waals surface area (Å²) in [4.78, 5) is 12.4. The van der Waals surface area contributed by atoms with Crippen LogP contribution in [0.15, 0.2) is 18.2 Å². The van der Waals surface area contributed by atoms with E-state index in [1.165, 1.54) is 31.0 Å².